The second-order valence-electron chi connectivity index (χ2n) is 4.04. The minimum atomic E-state index is 0.282. The molecule has 1 rings (SSSR count). The first-order chi connectivity index (χ1) is 8.15. The number of aryl methyl sites for hydroxylation is 1. The van der Waals surface area contributed by atoms with E-state index in [1.54, 1.807) is 0 Å². The molecule has 0 aromatic carbocycles. The van der Waals surface area contributed by atoms with Crippen LogP contribution in [-0.4, -0.2) is 29.2 Å². The third-order valence-corrected chi connectivity index (χ3v) is 2.66. The fourth-order valence-corrected chi connectivity index (χ4v) is 1.67. The Hall–Kier alpha value is -0.870. The zero-order chi connectivity index (χ0) is 12.7. The molecule has 0 fully saturated rings. The molecule has 0 amide bonds. The molecule has 5 heteroatoms. The van der Waals surface area contributed by atoms with E-state index in [2.05, 4.69) is 15.3 Å². The second kappa shape index (κ2) is 7.45. The van der Waals surface area contributed by atoms with Gasteiger partial charge in [-0.3, -0.25) is 0 Å². The molecular weight excluding hydrogens is 238 g/mol. The van der Waals surface area contributed by atoms with Crippen LogP contribution < -0.4 is 5.32 Å². The molecule has 0 radical (unpaired) electrons. The molecule has 1 aromatic heterocycles. The van der Waals surface area contributed by atoms with Gasteiger partial charge < -0.3 is 10.1 Å². The Morgan fingerprint density at radius 2 is 2.18 bits per heavy atom. The normalized spacial score (nSPS) is 10.9. The van der Waals surface area contributed by atoms with Gasteiger partial charge in [-0.15, -0.1) is 0 Å². The lowest BCUT2D eigenvalue weighted by Crippen LogP contribution is -2.10. The van der Waals surface area contributed by atoms with Gasteiger partial charge in [-0.1, -0.05) is 18.5 Å². The van der Waals surface area contributed by atoms with E-state index in [1.807, 2.05) is 20.8 Å². The van der Waals surface area contributed by atoms with E-state index in [1.165, 1.54) is 6.33 Å². The Labute approximate surface area is 108 Å². The van der Waals surface area contributed by atoms with Crippen LogP contribution in [0.3, 0.4) is 0 Å². The van der Waals surface area contributed by atoms with Crippen LogP contribution in [0.4, 0.5) is 5.82 Å². The van der Waals surface area contributed by atoms with Crippen LogP contribution in [0.1, 0.15) is 32.9 Å². The van der Waals surface area contributed by atoms with E-state index < -0.39 is 0 Å². The third-order valence-electron chi connectivity index (χ3n) is 2.26. The number of nitrogens with zero attached hydrogens (tertiary/aromatic N) is 2. The predicted octanol–water partition coefficient (Wildman–Crippen LogP) is 2.92. The summed E-state index contributed by atoms with van der Waals surface area (Å²) in [6, 6.07) is 0. The van der Waals surface area contributed by atoms with Crippen LogP contribution >= 0.6 is 11.6 Å². The number of aromatic nitrogens is 2. The lowest BCUT2D eigenvalue weighted by atomic mass is 10.3. The number of nitrogens with one attached hydrogen (secondary N) is 1. The lowest BCUT2D eigenvalue weighted by Gasteiger charge is -2.10. The number of hydrogen-bond donors (Lipinski definition) is 1. The quantitative estimate of drug-likeness (QED) is 0.763. The second-order valence-corrected chi connectivity index (χ2v) is 4.41. The van der Waals surface area contributed by atoms with E-state index >= 15 is 0 Å². The van der Waals surface area contributed by atoms with Crippen molar-refractivity contribution < 1.29 is 4.74 Å². The van der Waals surface area contributed by atoms with Crippen LogP contribution in [0.25, 0.3) is 0 Å². The van der Waals surface area contributed by atoms with Crippen molar-refractivity contribution in [3.05, 3.63) is 17.0 Å². The standard InChI is InChI=1S/C12H20ClN3O/c1-4-10-11(13)12(16-8-15-10)14-6-5-7-17-9(2)3/h8-9H,4-7H2,1-3H3,(H,14,15,16). The molecule has 0 spiro atoms. The summed E-state index contributed by atoms with van der Waals surface area (Å²) in [5, 5.41) is 3.82. The highest BCUT2D eigenvalue weighted by atomic mass is 35.5. The Balaban J connectivity index is 2.36. The van der Waals surface area contributed by atoms with Gasteiger partial charge in [-0.05, 0) is 26.7 Å². The summed E-state index contributed by atoms with van der Waals surface area (Å²) < 4.78 is 5.45. The predicted molar refractivity (Wildman–Crippen MR) is 70.6 cm³/mol. The van der Waals surface area contributed by atoms with Crippen molar-refractivity contribution in [2.75, 3.05) is 18.5 Å². The largest absolute Gasteiger partial charge is 0.379 e. The summed E-state index contributed by atoms with van der Waals surface area (Å²) in [7, 11) is 0. The Morgan fingerprint density at radius 3 is 2.82 bits per heavy atom. The summed E-state index contributed by atoms with van der Waals surface area (Å²) >= 11 is 6.15. The first-order valence-corrected chi connectivity index (χ1v) is 6.37. The molecular formula is C12H20ClN3O. The van der Waals surface area contributed by atoms with Gasteiger partial charge in [0.25, 0.3) is 0 Å². The van der Waals surface area contributed by atoms with E-state index in [4.69, 9.17) is 16.3 Å². The molecule has 0 aliphatic carbocycles. The third kappa shape index (κ3) is 4.88. The van der Waals surface area contributed by atoms with Crippen molar-refractivity contribution in [3.63, 3.8) is 0 Å². The molecule has 0 saturated carbocycles. The molecule has 4 nitrogen and oxygen atoms in total. The Morgan fingerprint density at radius 1 is 1.41 bits per heavy atom. The van der Waals surface area contributed by atoms with Gasteiger partial charge in [-0.2, -0.15) is 0 Å². The maximum atomic E-state index is 6.15. The van der Waals surface area contributed by atoms with Gasteiger partial charge in [-0.25, -0.2) is 9.97 Å². The van der Waals surface area contributed by atoms with Crippen LogP contribution in [0.2, 0.25) is 5.02 Å². The minimum absolute atomic E-state index is 0.282. The average molecular weight is 258 g/mol. The van der Waals surface area contributed by atoms with Crippen molar-refractivity contribution in [2.45, 2.75) is 39.7 Å². The molecule has 0 bridgehead atoms. The highest BCUT2D eigenvalue weighted by Crippen LogP contribution is 2.21. The first-order valence-electron chi connectivity index (χ1n) is 6.00. The topological polar surface area (TPSA) is 47.0 Å². The number of rotatable bonds is 7. The number of anilines is 1. The molecule has 0 saturated heterocycles. The number of hydrogen-bond acceptors (Lipinski definition) is 4. The molecule has 0 aliphatic heterocycles. The molecule has 0 unspecified atom stereocenters. The summed E-state index contributed by atoms with van der Waals surface area (Å²) in [6.45, 7) is 7.62. The Bertz CT molecular complexity index is 345. The van der Waals surface area contributed by atoms with Crippen LogP contribution in [-0.2, 0) is 11.2 Å². The van der Waals surface area contributed by atoms with Gasteiger partial charge in [0, 0.05) is 13.2 Å². The van der Waals surface area contributed by atoms with Crippen LogP contribution in [0.5, 0.6) is 0 Å². The van der Waals surface area contributed by atoms with Gasteiger partial charge in [0.2, 0.25) is 0 Å². The molecule has 17 heavy (non-hydrogen) atoms. The fraction of sp³-hybridized carbons (Fsp3) is 0.667. The van der Waals surface area contributed by atoms with E-state index in [9.17, 15) is 0 Å². The lowest BCUT2D eigenvalue weighted by molar-refractivity contribution is 0.0787. The van der Waals surface area contributed by atoms with Gasteiger partial charge in [0.15, 0.2) is 0 Å². The minimum Gasteiger partial charge on any atom is -0.379 e. The van der Waals surface area contributed by atoms with Crippen molar-refractivity contribution in [1.29, 1.82) is 0 Å². The molecule has 1 N–H and O–H groups in total. The zero-order valence-electron chi connectivity index (χ0n) is 10.7. The first kappa shape index (κ1) is 14.2. The summed E-state index contributed by atoms with van der Waals surface area (Å²) in [5.74, 6) is 0.711. The van der Waals surface area contributed by atoms with E-state index in [0.29, 0.717) is 10.8 Å². The van der Waals surface area contributed by atoms with Gasteiger partial charge >= 0.3 is 0 Å². The highest BCUT2D eigenvalue weighted by Gasteiger charge is 2.06. The molecule has 0 aliphatic rings. The van der Waals surface area contributed by atoms with Crippen molar-refractivity contribution in [2.24, 2.45) is 0 Å². The summed E-state index contributed by atoms with van der Waals surface area (Å²) in [6.07, 6.45) is 3.56. The maximum absolute atomic E-state index is 6.15. The fourth-order valence-electron chi connectivity index (χ4n) is 1.37. The smallest absolute Gasteiger partial charge is 0.148 e. The SMILES string of the molecule is CCc1ncnc(NCCCOC(C)C)c1Cl. The van der Waals surface area contributed by atoms with Crippen LogP contribution in [0.15, 0.2) is 6.33 Å². The molecule has 0 atom stereocenters. The van der Waals surface area contributed by atoms with Gasteiger partial charge in [0.05, 0.1) is 11.8 Å². The molecule has 1 heterocycles. The van der Waals surface area contributed by atoms with E-state index in [-0.39, 0.29) is 6.10 Å². The van der Waals surface area contributed by atoms with Gasteiger partial charge in [0.1, 0.15) is 17.2 Å². The maximum Gasteiger partial charge on any atom is 0.148 e. The average Bonchev–Trinajstić information content (AvgIpc) is 2.30. The highest BCUT2D eigenvalue weighted by molar-refractivity contribution is 6.33. The van der Waals surface area contributed by atoms with Crippen molar-refractivity contribution >= 4 is 17.4 Å². The molecule has 1 aromatic rings. The monoisotopic (exact) mass is 257 g/mol. The van der Waals surface area contributed by atoms with Crippen LogP contribution in [0, 0.1) is 0 Å². The molecule has 96 valence electrons. The number of ether oxygens (including phenoxy) is 1. The van der Waals surface area contributed by atoms with Crippen molar-refractivity contribution in [3.8, 4) is 0 Å². The Kier molecular flexibility index (Phi) is 6.22. The zero-order valence-corrected chi connectivity index (χ0v) is 11.4. The summed E-state index contributed by atoms with van der Waals surface area (Å²) in [4.78, 5) is 8.24. The number of halogens is 1. The van der Waals surface area contributed by atoms with Crippen molar-refractivity contribution in [1.82, 2.24) is 9.97 Å². The summed E-state index contributed by atoms with van der Waals surface area (Å²) in [5.41, 5.74) is 0.877. The van der Waals surface area contributed by atoms with E-state index in [0.717, 1.165) is 31.7 Å².